The lowest BCUT2D eigenvalue weighted by Gasteiger charge is -2.43. The molecule has 3 rings (SSSR count). The Morgan fingerprint density at radius 2 is 1.62 bits per heavy atom. The molecule has 0 spiro atoms. The minimum atomic E-state index is 0.771. The highest BCUT2D eigenvalue weighted by Gasteiger charge is 2.34. The second-order valence-electron chi connectivity index (χ2n) is 7.85. The molecule has 2 aliphatic carbocycles. The number of nitrogens with zero attached hydrogens (tertiary/aromatic N) is 1. The molecular formula is C19H36N2. The predicted octanol–water partition coefficient (Wildman–Crippen LogP) is 4.20. The Bertz CT molecular complexity index is 298. The maximum absolute atomic E-state index is 4.13. The number of rotatable bonds is 4. The molecule has 1 saturated heterocycles. The number of nitrogens with one attached hydrogen (secondary N) is 1. The summed E-state index contributed by atoms with van der Waals surface area (Å²) in [5, 5.41) is 4.13. The van der Waals surface area contributed by atoms with E-state index in [-0.39, 0.29) is 0 Å². The van der Waals surface area contributed by atoms with E-state index in [1.807, 2.05) is 0 Å². The molecule has 3 fully saturated rings. The van der Waals surface area contributed by atoms with Crippen LogP contribution in [0.15, 0.2) is 0 Å². The van der Waals surface area contributed by atoms with E-state index in [0.717, 1.165) is 23.9 Å². The lowest BCUT2D eigenvalue weighted by Crippen LogP contribution is -2.52. The van der Waals surface area contributed by atoms with Crippen LogP contribution < -0.4 is 5.32 Å². The maximum atomic E-state index is 4.13. The Balaban J connectivity index is 1.56. The number of piperidine rings is 1. The van der Waals surface area contributed by atoms with Crippen LogP contribution in [0.5, 0.6) is 0 Å². The third kappa shape index (κ3) is 4.22. The van der Waals surface area contributed by atoms with Gasteiger partial charge in [-0.3, -0.25) is 0 Å². The average Bonchev–Trinajstić information content (AvgIpc) is 2.56. The van der Waals surface area contributed by atoms with Crippen molar-refractivity contribution in [3.63, 3.8) is 0 Å². The molecular weight excluding hydrogens is 256 g/mol. The number of likely N-dealkylation sites (tertiary alicyclic amines) is 1. The van der Waals surface area contributed by atoms with Gasteiger partial charge in [-0.15, -0.1) is 0 Å². The van der Waals surface area contributed by atoms with Crippen molar-refractivity contribution in [1.82, 2.24) is 10.2 Å². The van der Waals surface area contributed by atoms with Crippen LogP contribution in [0.2, 0.25) is 0 Å². The third-order valence-electron chi connectivity index (χ3n) is 6.48. The summed E-state index contributed by atoms with van der Waals surface area (Å²) in [4.78, 5) is 2.64. The fourth-order valence-electron chi connectivity index (χ4n) is 5.27. The summed E-state index contributed by atoms with van der Waals surface area (Å²) in [6.07, 6.45) is 16.3. The standard InChI is InChI=1S/C19H36N2/c1-2-21-14-8-11-17(15-21)20-19-13-7-6-12-18(19)16-9-4-3-5-10-16/h16-20H,2-15H2,1H3. The number of likely N-dealkylation sites (N-methyl/N-ethyl adjacent to an activating group) is 1. The summed E-state index contributed by atoms with van der Waals surface area (Å²) in [5.41, 5.74) is 0. The molecule has 2 nitrogen and oxygen atoms in total. The molecule has 2 heteroatoms. The minimum absolute atomic E-state index is 0.771. The highest BCUT2D eigenvalue weighted by molar-refractivity contribution is 4.90. The molecule has 0 aromatic carbocycles. The zero-order valence-corrected chi connectivity index (χ0v) is 14.2. The zero-order chi connectivity index (χ0) is 14.5. The maximum Gasteiger partial charge on any atom is 0.0198 e. The van der Waals surface area contributed by atoms with Gasteiger partial charge in [0.1, 0.15) is 0 Å². The first-order valence-corrected chi connectivity index (χ1v) is 9.85. The predicted molar refractivity (Wildman–Crippen MR) is 90.6 cm³/mol. The Labute approximate surface area is 132 Å². The van der Waals surface area contributed by atoms with Gasteiger partial charge in [-0.1, -0.05) is 51.9 Å². The summed E-state index contributed by atoms with van der Waals surface area (Å²) in [7, 11) is 0. The molecule has 1 heterocycles. The van der Waals surface area contributed by atoms with Crippen molar-refractivity contribution in [1.29, 1.82) is 0 Å². The zero-order valence-electron chi connectivity index (χ0n) is 14.2. The summed E-state index contributed by atoms with van der Waals surface area (Å²) in [6.45, 7) is 6.17. The van der Waals surface area contributed by atoms with E-state index >= 15 is 0 Å². The molecule has 0 bridgehead atoms. The van der Waals surface area contributed by atoms with E-state index in [9.17, 15) is 0 Å². The lowest BCUT2D eigenvalue weighted by atomic mass is 9.70. The van der Waals surface area contributed by atoms with Gasteiger partial charge in [-0.2, -0.15) is 0 Å². The van der Waals surface area contributed by atoms with Crippen LogP contribution in [0.25, 0.3) is 0 Å². The summed E-state index contributed by atoms with van der Waals surface area (Å²) in [6, 6.07) is 1.61. The van der Waals surface area contributed by atoms with Crippen molar-refractivity contribution in [2.45, 2.75) is 89.6 Å². The van der Waals surface area contributed by atoms with E-state index in [4.69, 9.17) is 0 Å². The van der Waals surface area contributed by atoms with Crippen LogP contribution in [0.4, 0.5) is 0 Å². The van der Waals surface area contributed by atoms with Crippen molar-refractivity contribution >= 4 is 0 Å². The second kappa shape index (κ2) is 7.97. The first-order chi connectivity index (χ1) is 10.4. The van der Waals surface area contributed by atoms with Gasteiger partial charge < -0.3 is 10.2 Å². The van der Waals surface area contributed by atoms with Gasteiger partial charge >= 0.3 is 0 Å². The molecule has 0 radical (unpaired) electrons. The van der Waals surface area contributed by atoms with Crippen LogP contribution in [0, 0.1) is 11.8 Å². The Morgan fingerprint density at radius 3 is 2.43 bits per heavy atom. The minimum Gasteiger partial charge on any atom is -0.310 e. The first-order valence-electron chi connectivity index (χ1n) is 9.85. The van der Waals surface area contributed by atoms with Crippen molar-refractivity contribution in [3.8, 4) is 0 Å². The normalized spacial score (nSPS) is 36.7. The average molecular weight is 293 g/mol. The third-order valence-corrected chi connectivity index (χ3v) is 6.48. The molecule has 0 aromatic heterocycles. The molecule has 0 amide bonds. The molecule has 122 valence electrons. The van der Waals surface area contributed by atoms with Crippen LogP contribution in [-0.4, -0.2) is 36.6 Å². The quantitative estimate of drug-likeness (QED) is 0.835. The second-order valence-corrected chi connectivity index (χ2v) is 7.85. The monoisotopic (exact) mass is 292 g/mol. The molecule has 2 saturated carbocycles. The lowest BCUT2D eigenvalue weighted by molar-refractivity contribution is 0.120. The van der Waals surface area contributed by atoms with E-state index in [1.54, 1.807) is 0 Å². The molecule has 1 aliphatic heterocycles. The molecule has 1 N–H and O–H groups in total. The van der Waals surface area contributed by atoms with Gasteiger partial charge in [0.2, 0.25) is 0 Å². The Hall–Kier alpha value is -0.0800. The molecule has 3 unspecified atom stereocenters. The van der Waals surface area contributed by atoms with Crippen molar-refractivity contribution in [3.05, 3.63) is 0 Å². The molecule has 21 heavy (non-hydrogen) atoms. The fourth-order valence-corrected chi connectivity index (χ4v) is 5.27. The van der Waals surface area contributed by atoms with E-state index < -0.39 is 0 Å². The van der Waals surface area contributed by atoms with Crippen molar-refractivity contribution in [2.75, 3.05) is 19.6 Å². The highest BCUT2D eigenvalue weighted by atomic mass is 15.2. The largest absolute Gasteiger partial charge is 0.310 e. The van der Waals surface area contributed by atoms with Gasteiger partial charge in [0.15, 0.2) is 0 Å². The van der Waals surface area contributed by atoms with E-state index in [0.29, 0.717) is 0 Å². The van der Waals surface area contributed by atoms with Crippen LogP contribution in [0.1, 0.15) is 77.6 Å². The fraction of sp³-hybridized carbons (Fsp3) is 1.00. The number of hydrogen-bond donors (Lipinski definition) is 1. The van der Waals surface area contributed by atoms with Crippen LogP contribution in [0.3, 0.4) is 0 Å². The van der Waals surface area contributed by atoms with Gasteiger partial charge in [-0.05, 0) is 50.6 Å². The van der Waals surface area contributed by atoms with Crippen molar-refractivity contribution in [2.24, 2.45) is 11.8 Å². The highest BCUT2D eigenvalue weighted by Crippen LogP contribution is 2.38. The Kier molecular flexibility index (Phi) is 5.99. The first kappa shape index (κ1) is 15.8. The van der Waals surface area contributed by atoms with Gasteiger partial charge in [0, 0.05) is 18.6 Å². The van der Waals surface area contributed by atoms with Gasteiger partial charge in [0.05, 0.1) is 0 Å². The van der Waals surface area contributed by atoms with Gasteiger partial charge in [-0.25, -0.2) is 0 Å². The molecule has 3 aliphatic rings. The summed E-state index contributed by atoms with van der Waals surface area (Å²) in [5.74, 6) is 2.04. The van der Waals surface area contributed by atoms with Gasteiger partial charge in [0.25, 0.3) is 0 Å². The van der Waals surface area contributed by atoms with Crippen LogP contribution >= 0.6 is 0 Å². The molecule has 3 atom stereocenters. The summed E-state index contributed by atoms with van der Waals surface area (Å²) >= 11 is 0. The summed E-state index contributed by atoms with van der Waals surface area (Å²) < 4.78 is 0. The topological polar surface area (TPSA) is 15.3 Å². The van der Waals surface area contributed by atoms with Crippen LogP contribution in [-0.2, 0) is 0 Å². The smallest absolute Gasteiger partial charge is 0.0198 e. The number of hydrogen-bond acceptors (Lipinski definition) is 2. The van der Waals surface area contributed by atoms with E-state index in [2.05, 4.69) is 17.1 Å². The van der Waals surface area contributed by atoms with Crippen molar-refractivity contribution < 1.29 is 0 Å². The Morgan fingerprint density at radius 1 is 0.857 bits per heavy atom. The van der Waals surface area contributed by atoms with E-state index in [1.165, 1.54) is 90.3 Å². The molecule has 0 aromatic rings. The SMILES string of the molecule is CCN1CCCC(NC2CCCCC2C2CCCCC2)C1.